The molecule has 0 aliphatic rings. The Morgan fingerprint density at radius 2 is 1.57 bits per heavy atom. The molecule has 0 saturated heterocycles. The van der Waals surface area contributed by atoms with E-state index in [2.05, 4.69) is 37.6 Å². The average molecular weight is 290 g/mol. The number of hydrazine groups is 1. The van der Waals surface area contributed by atoms with E-state index in [1.54, 1.807) is 5.01 Å². The minimum Gasteiger partial charge on any atom is -0.371 e. The van der Waals surface area contributed by atoms with Crippen LogP contribution in [0.5, 0.6) is 0 Å². The molecule has 0 fully saturated rings. The highest BCUT2D eigenvalue weighted by Gasteiger charge is 2.16. The number of rotatable bonds is 5. The van der Waals surface area contributed by atoms with Gasteiger partial charge in [-0.3, -0.25) is 5.01 Å². The van der Waals surface area contributed by atoms with Crippen LogP contribution in [0.1, 0.15) is 12.6 Å². The Morgan fingerprint density at radius 3 is 2.10 bits per heavy atom. The molecule has 0 aliphatic carbocycles. The van der Waals surface area contributed by atoms with Crippen LogP contribution in [0.25, 0.3) is 11.0 Å². The molecule has 0 atom stereocenters. The van der Waals surface area contributed by atoms with Gasteiger partial charge in [0.2, 0.25) is 11.9 Å². The van der Waals surface area contributed by atoms with Gasteiger partial charge in [-0.2, -0.15) is 4.98 Å². The maximum atomic E-state index is 4.59. The summed E-state index contributed by atoms with van der Waals surface area (Å²) >= 11 is 0. The highest BCUT2D eigenvalue weighted by atomic mass is 15.5. The third kappa shape index (κ3) is 2.80. The lowest BCUT2D eigenvalue weighted by molar-refractivity contribution is 0.760. The molecule has 2 aromatic rings. The second-order valence-corrected chi connectivity index (χ2v) is 4.82. The maximum absolute atomic E-state index is 4.59. The van der Waals surface area contributed by atoms with E-state index >= 15 is 0 Å². The van der Waals surface area contributed by atoms with Gasteiger partial charge in [-0.15, -0.1) is 0 Å². The SMILES string of the molecule is CCc1nc(N(C)C)nc2c(NC)nc(N(C)NC)nc12. The van der Waals surface area contributed by atoms with Crippen molar-refractivity contribution < 1.29 is 0 Å². The fourth-order valence-corrected chi connectivity index (χ4v) is 1.92. The number of nitrogens with one attached hydrogen (secondary N) is 2. The first kappa shape index (κ1) is 15.2. The fourth-order valence-electron chi connectivity index (χ4n) is 1.92. The Balaban J connectivity index is 2.77. The minimum absolute atomic E-state index is 0.574. The van der Waals surface area contributed by atoms with Gasteiger partial charge in [-0.05, 0) is 6.42 Å². The second kappa shape index (κ2) is 6.04. The molecule has 0 spiro atoms. The maximum Gasteiger partial charge on any atom is 0.242 e. The molecule has 0 unspecified atom stereocenters. The summed E-state index contributed by atoms with van der Waals surface area (Å²) in [6.07, 6.45) is 0.780. The molecule has 0 aromatic carbocycles. The van der Waals surface area contributed by atoms with E-state index in [1.165, 1.54) is 0 Å². The Labute approximate surface area is 124 Å². The van der Waals surface area contributed by atoms with Crippen LogP contribution >= 0.6 is 0 Å². The summed E-state index contributed by atoms with van der Waals surface area (Å²) in [5.74, 6) is 1.93. The predicted molar refractivity (Wildman–Crippen MR) is 85.8 cm³/mol. The molecule has 0 radical (unpaired) electrons. The molecule has 2 rings (SSSR count). The zero-order valence-electron chi connectivity index (χ0n) is 13.4. The van der Waals surface area contributed by atoms with Gasteiger partial charge in [0.25, 0.3) is 0 Å². The summed E-state index contributed by atoms with van der Waals surface area (Å²) in [6, 6.07) is 0. The molecular formula is C13H22N8. The Kier molecular flexibility index (Phi) is 4.37. The number of hydrogen-bond donors (Lipinski definition) is 2. The van der Waals surface area contributed by atoms with Gasteiger partial charge in [-0.1, -0.05) is 6.92 Å². The van der Waals surface area contributed by atoms with Crippen molar-refractivity contribution in [3.8, 4) is 0 Å². The van der Waals surface area contributed by atoms with Crippen molar-refractivity contribution in [2.24, 2.45) is 0 Å². The third-order valence-electron chi connectivity index (χ3n) is 3.20. The molecule has 0 saturated carbocycles. The van der Waals surface area contributed by atoms with Crippen LogP contribution in [0.4, 0.5) is 17.7 Å². The first-order valence-corrected chi connectivity index (χ1v) is 6.86. The molecule has 2 aromatic heterocycles. The lowest BCUT2D eigenvalue weighted by Crippen LogP contribution is -2.32. The van der Waals surface area contributed by atoms with Crippen molar-refractivity contribution in [2.45, 2.75) is 13.3 Å². The predicted octanol–water partition coefficient (Wildman–Crippen LogP) is 0.661. The number of aromatic nitrogens is 4. The van der Waals surface area contributed by atoms with E-state index in [9.17, 15) is 0 Å². The summed E-state index contributed by atoms with van der Waals surface area (Å²) in [4.78, 5) is 20.1. The summed E-state index contributed by atoms with van der Waals surface area (Å²) in [6.45, 7) is 2.06. The van der Waals surface area contributed by atoms with Crippen LogP contribution in [-0.2, 0) is 6.42 Å². The standard InChI is InChI=1S/C13H22N8/c1-7-8-9-10(18-12(16-8)20(4)5)11(14-2)19-13(17-9)21(6)15-3/h15H,7H2,1-6H3,(H,14,17,19). The van der Waals surface area contributed by atoms with Crippen molar-refractivity contribution in [3.05, 3.63) is 5.69 Å². The van der Waals surface area contributed by atoms with E-state index < -0.39 is 0 Å². The smallest absolute Gasteiger partial charge is 0.242 e. The molecule has 114 valence electrons. The Hall–Kier alpha value is -2.22. The van der Waals surface area contributed by atoms with Gasteiger partial charge in [-0.25, -0.2) is 20.4 Å². The zero-order valence-corrected chi connectivity index (χ0v) is 13.4. The van der Waals surface area contributed by atoms with Gasteiger partial charge in [0.05, 0.1) is 5.69 Å². The van der Waals surface area contributed by atoms with Crippen molar-refractivity contribution in [1.82, 2.24) is 25.4 Å². The topological polar surface area (TPSA) is 82.1 Å². The number of anilines is 3. The normalized spacial score (nSPS) is 10.8. The van der Waals surface area contributed by atoms with Crippen LogP contribution in [0.15, 0.2) is 0 Å². The van der Waals surface area contributed by atoms with E-state index in [4.69, 9.17) is 0 Å². The van der Waals surface area contributed by atoms with Gasteiger partial charge < -0.3 is 10.2 Å². The number of hydrogen-bond acceptors (Lipinski definition) is 8. The van der Waals surface area contributed by atoms with Gasteiger partial charge in [0, 0.05) is 35.2 Å². The van der Waals surface area contributed by atoms with E-state index in [0.717, 1.165) is 23.1 Å². The lowest BCUT2D eigenvalue weighted by Gasteiger charge is -2.18. The molecule has 8 nitrogen and oxygen atoms in total. The van der Waals surface area contributed by atoms with E-state index in [0.29, 0.717) is 17.7 Å². The van der Waals surface area contributed by atoms with Gasteiger partial charge in [0.15, 0.2) is 5.82 Å². The zero-order chi connectivity index (χ0) is 15.6. The average Bonchev–Trinajstić information content (AvgIpc) is 2.51. The van der Waals surface area contributed by atoms with Crippen LogP contribution in [0.2, 0.25) is 0 Å². The lowest BCUT2D eigenvalue weighted by atomic mass is 10.2. The molecule has 8 heteroatoms. The van der Waals surface area contributed by atoms with Crippen molar-refractivity contribution in [1.29, 1.82) is 0 Å². The first-order valence-electron chi connectivity index (χ1n) is 6.86. The van der Waals surface area contributed by atoms with Crippen LogP contribution in [0, 0.1) is 0 Å². The highest BCUT2D eigenvalue weighted by Crippen LogP contribution is 2.25. The Morgan fingerprint density at radius 1 is 0.905 bits per heavy atom. The van der Waals surface area contributed by atoms with Crippen molar-refractivity contribution >= 4 is 28.7 Å². The fraction of sp³-hybridized carbons (Fsp3) is 0.538. The summed E-state index contributed by atoms with van der Waals surface area (Å²) in [5, 5.41) is 4.84. The highest BCUT2D eigenvalue weighted by molar-refractivity contribution is 5.88. The quantitative estimate of drug-likeness (QED) is 0.777. The number of aryl methyl sites for hydroxylation is 1. The van der Waals surface area contributed by atoms with Crippen molar-refractivity contribution in [2.75, 3.05) is 50.5 Å². The van der Waals surface area contributed by atoms with Crippen molar-refractivity contribution in [3.63, 3.8) is 0 Å². The van der Waals surface area contributed by atoms with E-state index in [-0.39, 0.29) is 0 Å². The molecule has 0 amide bonds. The molecule has 0 bridgehead atoms. The van der Waals surface area contributed by atoms with E-state index in [1.807, 2.05) is 40.1 Å². The van der Waals surface area contributed by atoms with Gasteiger partial charge >= 0.3 is 0 Å². The molecular weight excluding hydrogens is 268 g/mol. The monoisotopic (exact) mass is 290 g/mol. The summed E-state index contributed by atoms with van der Waals surface area (Å²) < 4.78 is 0. The molecule has 2 heterocycles. The number of nitrogens with zero attached hydrogens (tertiary/aromatic N) is 6. The largest absolute Gasteiger partial charge is 0.371 e. The number of fused-ring (bicyclic) bond motifs is 1. The van der Waals surface area contributed by atoms with Crippen LogP contribution < -0.4 is 20.7 Å². The van der Waals surface area contributed by atoms with Crippen LogP contribution in [0.3, 0.4) is 0 Å². The summed E-state index contributed by atoms with van der Waals surface area (Å²) in [5.41, 5.74) is 5.42. The second-order valence-electron chi connectivity index (χ2n) is 4.82. The minimum atomic E-state index is 0.574. The summed E-state index contributed by atoms with van der Waals surface area (Å²) in [7, 11) is 9.35. The first-order chi connectivity index (χ1) is 10.0. The molecule has 21 heavy (non-hydrogen) atoms. The molecule has 0 aliphatic heterocycles. The van der Waals surface area contributed by atoms with Crippen LogP contribution in [-0.4, -0.2) is 55.2 Å². The Bertz CT molecular complexity index is 640. The third-order valence-corrected chi connectivity index (χ3v) is 3.20. The van der Waals surface area contributed by atoms with Gasteiger partial charge in [0.1, 0.15) is 11.0 Å². The molecule has 2 N–H and O–H groups in total.